The molecule has 1 heterocycles. The van der Waals surface area contributed by atoms with E-state index in [0.29, 0.717) is 18.7 Å². The number of hydrogen-bond acceptors (Lipinski definition) is 4. The molecule has 2 aromatic rings. The SMILES string of the molecule is CCCCCC(=O)Oc1ccc(N2C[C@@H](c3ccccc3)OC2=O)cc1. The number of amides is 1. The summed E-state index contributed by atoms with van der Waals surface area (Å²) < 4.78 is 10.8. The average Bonchev–Trinajstić information content (AvgIpc) is 3.05. The molecule has 1 aliphatic heterocycles. The molecule has 5 heteroatoms. The fourth-order valence-electron chi connectivity index (χ4n) is 2.91. The van der Waals surface area contributed by atoms with E-state index in [4.69, 9.17) is 9.47 Å². The molecular formula is C21H23NO4. The van der Waals surface area contributed by atoms with E-state index in [0.717, 1.165) is 30.5 Å². The van der Waals surface area contributed by atoms with Crippen LogP contribution in [0.1, 0.15) is 44.3 Å². The van der Waals surface area contributed by atoms with E-state index in [9.17, 15) is 9.59 Å². The second kappa shape index (κ2) is 8.52. The van der Waals surface area contributed by atoms with Gasteiger partial charge >= 0.3 is 12.1 Å². The van der Waals surface area contributed by atoms with Crippen molar-refractivity contribution in [3.63, 3.8) is 0 Å². The van der Waals surface area contributed by atoms with Crippen LogP contribution in [-0.2, 0) is 9.53 Å². The van der Waals surface area contributed by atoms with Crippen LogP contribution >= 0.6 is 0 Å². The quantitative estimate of drug-likeness (QED) is 0.405. The zero-order valence-electron chi connectivity index (χ0n) is 14.9. The Morgan fingerprint density at radius 3 is 2.54 bits per heavy atom. The van der Waals surface area contributed by atoms with Gasteiger partial charge in [-0.05, 0) is 36.2 Å². The molecule has 0 spiro atoms. The summed E-state index contributed by atoms with van der Waals surface area (Å²) in [6.07, 6.45) is 2.70. The van der Waals surface area contributed by atoms with Crippen molar-refractivity contribution in [1.29, 1.82) is 0 Å². The summed E-state index contributed by atoms with van der Waals surface area (Å²) >= 11 is 0. The van der Waals surface area contributed by atoms with Gasteiger partial charge in [-0.3, -0.25) is 9.69 Å². The molecule has 0 N–H and O–H groups in total. The highest BCUT2D eigenvalue weighted by Crippen LogP contribution is 2.31. The third-order valence-electron chi connectivity index (χ3n) is 4.35. The van der Waals surface area contributed by atoms with Crippen molar-refractivity contribution >= 4 is 17.7 Å². The zero-order valence-corrected chi connectivity index (χ0v) is 14.9. The van der Waals surface area contributed by atoms with Crippen LogP contribution in [0.3, 0.4) is 0 Å². The van der Waals surface area contributed by atoms with Crippen molar-refractivity contribution in [2.45, 2.75) is 38.7 Å². The molecule has 0 aromatic heterocycles. The Morgan fingerprint density at radius 2 is 1.85 bits per heavy atom. The highest BCUT2D eigenvalue weighted by atomic mass is 16.6. The fraction of sp³-hybridized carbons (Fsp3) is 0.333. The number of rotatable bonds is 7. The van der Waals surface area contributed by atoms with Crippen molar-refractivity contribution in [1.82, 2.24) is 0 Å². The van der Waals surface area contributed by atoms with Crippen molar-refractivity contribution < 1.29 is 19.1 Å². The molecule has 136 valence electrons. The number of carbonyl (C=O) groups is 2. The Balaban J connectivity index is 1.60. The second-order valence-corrected chi connectivity index (χ2v) is 6.32. The first-order valence-electron chi connectivity index (χ1n) is 9.01. The maximum atomic E-state index is 12.2. The van der Waals surface area contributed by atoms with E-state index in [1.54, 1.807) is 29.2 Å². The molecule has 0 unspecified atom stereocenters. The van der Waals surface area contributed by atoms with Gasteiger partial charge in [-0.25, -0.2) is 4.79 Å². The number of unbranched alkanes of at least 4 members (excludes halogenated alkanes) is 2. The van der Waals surface area contributed by atoms with Crippen LogP contribution < -0.4 is 9.64 Å². The second-order valence-electron chi connectivity index (χ2n) is 6.32. The third-order valence-corrected chi connectivity index (χ3v) is 4.35. The van der Waals surface area contributed by atoms with Crippen molar-refractivity contribution in [3.8, 4) is 5.75 Å². The van der Waals surface area contributed by atoms with Crippen LogP contribution in [0.2, 0.25) is 0 Å². The van der Waals surface area contributed by atoms with E-state index in [-0.39, 0.29) is 18.2 Å². The summed E-state index contributed by atoms with van der Waals surface area (Å²) in [7, 11) is 0. The van der Waals surface area contributed by atoms with Gasteiger partial charge in [-0.2, -0.15) is 0 Å². The summed E-state index contributed by atoms with van der Waals surface area (Å²) in [5.41, 5.74) is 1.69. The van der Waals surface area contributed by atoms with Crippen LogP contribution in [0, 0.1) is 0 Å². The number of anilines is 1. The van der Waals surface area contributed by atoms with E-state index >= 15 is 0 Å². The van der Waals surface area contributed by atoms with Gasteiger partial charge < -0.3 is 9.47 Å². The summed E-state index contributed by atoms with van der Waals surface area (Å²) in [5, 5.41) is 0. The molecule has 1 saturated heterocycles. The van der Waals surface area contributed by atoms with Crippen LogP contribution in [0.5, 0.6) is 5.75 Å². The lowest BCUT2D eigenvalue weighted by molar-refractivity contribution is -0.134. The van der Waals surface area contributed by atoms with Gasteiger partial charge in [0.2, 0.25) is 0 Å². The van der Waals surface area contributed by atoms with E-state index in [1.807, 2.05) is 30.3 Å². The molecule has 1 aliphatic rings. The lowest BCUT2D eigenvalue weighted by atomic mass is 10.1. The molecule has 1 fully saturated rings. The smallest absolute Gasteiger partial charge is 0.415 e. The Bertz CT molecular complexity index is 742. The first-order chi connectivity index (χ1) is 12.7. The lowest BCUT2D eigenvalue weighted by Gasteiger charge is -2.13. The number of nitrogens with zero attached hydrogens (tertiary/aromatic N) is 1. The Labute approximate surface area is 153 Å². The summed E-state index contributed by atoms with van der Waals surface area (Å²) in [6, 6.07) is 16.6. The van der Waals surface area contributed by atoms with Crippen molar-refractivity contribution in [2.24, 2.45) is 0 Å². The number of benzene rings is 2. The first-order valence-corrected chi connectivity index (χ1v) is 9.01. The Hall–Kier alpha value is -2.82. The molecule has 1 amide bonds. The van der Waals surface area contributed by atoms with Gasteiger partial charge in [0.15, 0.2) is 0 Å². The van der Waals surface area contributed by atoms with Crippen LogP contribution in [0.25, 0.3) is 0 Å². The molecule has 5 nitrogen and oxygen atoms in total. The minimum Gasteiger partial charge on any atom is -0.439 e. The van der Waals surface area contributed by atoms with E-state index < -0.39 is 0 Å². The highest BCUT2D eigenvalue weighted by Gasteiger charge is 2.33. The normalized spacial score (nSPS) is 16.4. The number of ether oxygens (including phenoxy) is 2. The summed E-state index contributed by atoms with van der Waals surface area (Å²) in [5.74, 6) is 0.262. The standard InChI is InChI=1S/C21H23NO4/c1-2-3-5-10-20(23)25-18-13-11-17(12-14-18)22-15-19(26-21(22)24)16-8-6-4-7-9-16/h4,6-9,11-14,19H,2-3,5,10,15H2,1H3/t19-/m0/s1. The fourth-order valence-corrected chi connectivity index (χ4v) is 2.91. The van der Waals surface area contributed by atoms with Gasteiger partial charge in [-0.1, -0.05) is 50.1 Å². The predicted octanol–water partition coefficient (Wildman–Crippen LogP) is 4.87. The molecule has 0 bridgehead atoms. The number of hydrogen-bond donors (Lipinski definition) is 0. The minimum atomic E-state index is -0.372. The largest absolute Gasteiger partial charge is 0.439 e. The molecule has 1 atom stereocenters. The number of cyclic esters (lactones) is 1. The van der Waals surface area contributed by atoms with E-state index in [1.165, 1.54) is 0 Å². The predicted molar refractivity (Wildman–Crippen MR) is 99.2 cm³/mol. The van der Waals surface area contributed by atoms with Gasteiger partial charge in [0.25, 0.3) is 0 Å². The Kier molecular flexibility index (Phi) is 5.89. The molecule has 0 aliphatic carbocycles. The molecule has 3 rings (SSSR count). The monoisotopic (exact) mass is 353 g/mol. The Morgan fingerprint density at radius 1 is 1.12 bits per heavy atom. The maximum absolute atomic E-state index is 12.2. The molecular weight excluding hydrogens is 330 g/mol. The summed E-state index contributed by atoms with van der Waals surface area (Å²) in [4.78, 5) is 25.5. The minimum absolute atomic E-state index is 0.226. The maximum Gasteiger partial charge on any atom is 0.415 e. The molecule has 26 heavy (non-hydrogen) atoms. The third kappa shape index (κ3) is 4.42. The zero-order chi connectivity index (χ0) is 18.4. The molecule has 0 radical (unpaired) electrons. The topological polar surface area (TPSA) is 55.8 Å². The lowest BCUT2D eigenvalue weighted by Crippen LogP contribution is -2.23. The van der Waals surface area contributed by atoms with Crippen LogP contribution in [0.4, 0.5) is 10.5 Å². The molecule has 0 saturated carbocycles. The van der Waals surface area contributed by atoms with Gasteiger partial charge in [0, 0.05) is 12.1 Å². The summed E-state index contributed by atoms with van der Waals surface area (Å²) in [6.45, 7) is 2.55. The first kappa shape index (κ1) is 18.0. The van der Waals surface area contributed by atoms with Gasteiger partial charge in [0.05, 0.1) is 6.54 Å². The highest BCUT2D eigenvalue weighted by molar-refractivity contribution is 5.90. The van der Waals surface area contributed by atoms with Crippen LogP contribution in [0.15, 0.2) is 54.6 Å². The number of carbonyl (C=O) groups excluding carboxylic acids is 2. The van der Waals surface area contributed by atoms with Crippen molar-refractivity contribution in [3.05, 3.63) is 60.2 Å². The van der Waals surface area contributed by atoms with Gasteiger partial charge in [0.1, 0.15) is 11.9 Å². The average molecular weight is 353 g/mol. The van der Waals surface area contributed by atoms with Crippen molar-refractivity contribution in [2.75, 3.05) is 11.4 Å². The molecule has 2 aromatic carbocycles. The number of esters is 1. The van der Waals surface area contributed by atoms with Gasteiger partial charge in [-0.15, -0.1) is 0 Å². The van der Waals surface area contributed by atoms with E-state index in [2.05, 4.69) is 6.92 Å². The van der Waals surface area contributed by atoms with Crippen LogP contribution in [-0.4, -0.2) is 18.6 Å².